The fraction of sp³-hybridized carbons (Fsp3) is 0.167. The zero-order chi connectivity index (χ0) is 14.2. The fourth-order valence-corrected chi connectivity index (χ4v) is 1.53. The number of fused-ring (bicyclic) bond motifs is 1. The molecule has 0 aliphatic heterocycles. The van der Waals surface area contributed by atoms with Crippen LogP contribution in [0.25, 0.3) is 11.0 Å². The number of esters is 1. The summed E-state index contributed by atoms with van der Waals surface area (Å²) in [5, 5.41) is -0.568. The maximum atomic E-state index is 13.4. The monoisotopic (exact) mass is 272 g/mol. The van der Waals surface area contributed by atoms with Gasteiger partial charge in [-0.25, -0.2) is 13.6 Å². The van der Waals surface area contributed by atoms with Gasteiger partial charge in [-0.15, -0.1) is 0 Å². The summed E-state index contributed by atoms with van der Waals surface area (Å²) in [7, 11) is 0. The minimum atomic E-state index is -1.75. The van der Waals surface area contributed by atoms with E-state index < -0.39 is 45.4 Å². The van der Waals surface area contributed by atoms with Gasteiger partial charge in [-0.1, -0.05) is 0 Å². The molecule has 0 bridgehead atoms. The quantitative estimate of drug-likeness (QED) is 0.622. The number of hydrogen-bond donors (Lipinski definition) is 0. The summed E-state index contributed by atoms with van der Waals surface area (Å²) in [6.07, 6.45) is 0.656. The lowest BCUT2D eigenvalue weighted by molar-refractivity contribution is 0.0522. The Bertz CT molecular complexity index is 721. The first kappa shape index (κ1) is 13.1. The van der Waals surface area contributed by atoms with Crippen molar-refractivity contribution in [3.63, 3.8) is 0 Å². The Labute approximate surface area is 104 Å². The van der Waals surface area contributed by atoms with E-state index in [1.165, 1.54) is 6.92 Å². The Morgan fingerprint density at radius 1 is 1.32 bits per heavy atom. The van der Waals surface area contributed by atoms with Gasteiger partial charge in [0.2, 0.25) is 11.2 Å². The number of rotatable bonds is 2. The first-order valence-corrected chi connectivity index (χ1v) is 5.23. The normalized spacial score (nSPS) is 10.7. The van der Waals surface area contributed by atoms with Crippen LogP contribution in [0.3, 0.4) is 0 Å². The van der Waals surface area contributed by atoms with Gasteiger partial charge in [-0.2, -0.15) is 4.39 Å². The number of carbonyl (C=O) groups is 1. The van der Waals surface area contributed by atoms with Crippen molar-refractivity contribution in [3.05, 3.63) is 45.6 Å². The third-order valence-electron chi connectivity index (χ3n) is 2.40. The van der Waals surface area contributed by atoms with Crippen molar-refractivity contribution in [3.8, 4) is 0 Å². The highest BCUT2D eigenvalue weighted by Crippen LogP contribution is 2.21. The number of ether oxygens (including phenoxy) is 1. The van der Waals surface area contributed by atoms with E-state index in [9.17, 15) is 22.8 Å². The molecule has 2 aromatic rings. The van der Waals surface area contributed by atoms with Crippen LogP contribution in [0.4, 0.5) is 13.2 Å². The summed E-state index contributed by atoms with van der Waals surface area (Å²) in [6, 6.07) is 0.475. The largest absolute Gasteiger partial charge is 0.462 e. The molecule has 0 saturated heterocycles. The molecule has 7 heteroatoms. The maximum absolute atomic E-state index is 13.4. The average Bonchev–Trinajstić information content (AvgIpc) is 2.38. The molecule has 0 atom stereocenters. The molecular weight excluding hydrogens is 265 g/mol. The highest BCUT2D eigenvalue weighted by Gasteiger charge is 2.21. The van der Waals surface area contributed by atoms with Gasteiger partial charge in [0.1, 0.15) is 11.8 Å². The summed E-state index contributed by atoms with van der Waals surface area (Å²) in [5.41, 5.74) is -2.26. The molecule has 1 aromatic heterocycles. The third kappa shape index (κ3) is 2.07. The first-order chi connectivity index (χ1) is 8.97. The highest BCUT2D eigenvalue weighted by atomic mass is 19.2. The number of halogens is 3. The summed E-state index contributed by atoms with van der Waals surface area (Å²) < 4.78 is 48.6. The van der Waals surface area contributed by atoms with E-state index in [2.05, 4.69) is 9.15 Å². The van der Waals surface area contributed by atoms with Gasteiger partial charge in [-0.05, 0) is 13.0 Å². The molecule has 0 aliphatic rings. The molecule has 0 N–H and O–H groups in total. The van der Waals surface area contributed by atoms with Crippen LogP contribution in [0, 0.1) is 17.5 Å². The maximum Gasteiger partial charge on any atom is 0.345 e. The third-order valence-corrected chi connectivity index (χ3v) is 2.40. The van der Waals surface area contributed by atoms with Crippen LogP contribution < -0.4 is 5.43 Å². The lowest BCUT2D eigenvalue weighted by atomic mass is 10.1. The lowest BCUT2D eigenvalue weighted by Crippen LogP contribution is -2.18. The van der Waals surface area contributed by atoms with Gasteiger partial charge in [-0.3, -0.25) is 4.79 Å². The summed E-state index contributed by atoms with van der Waals surface area (Å²) in [5.74, 6) is -5.90. The number of carbonyl (C=O) groups excluding carboxylic acids is 1. The van der Waals surface area contributed by atoms with E-state index in [4.69, 9.17) is 0 Å². The molecule has 0 fully saturated rings. The van der Waals surface area contributed by atoms with Gasteiger partial charge in [0.15, 0.2) is 17.2 Å². The second kappa shape index (κ2) is 4.75. The van der Waals surface area contributed by atoms with Crippen molar-refractivity contribution in [2.75, 3.05) is 6.61 Å². The van der Waals surface area contributed by atoms with E-state index in [1.807, 2.05) is 0 Å². The van der Waals surface area contributed by atoms with Gasteiger partial charge in [0, 0.05) is 0 Å². The molecule has 0 radical (unpaired) electrons. The molecule has 0 amide bonds. The lowest BCUT2D eigenvalue weighted by Gasteiger charge is -2.04. The van der Waals surface area contributed by atoms with E-state index >= 15 is 0 Å². The van der Waals surface area contributed by atoms with Gasteiger partial charge >= 0.3 is 5.97 Å². The highest BCUT2D eigenvalue weighted by molar-refractivity contribution is 5.92. The Balaban J connectivity index is 2.76. The SMILES string of the molecule is CCOC(=O)c1coc2c(F)c(F)c(F)cc2c1=O. The summed E-state index contributed by atoms with van der Waals surface area (Å²) in [4.78, 5) is 23.2. The topological polar surface area (TPSA) is 56.5 Å². The van der Waals surface area contributed by atoms with Gasteiger partial charge in [0.25, 0.3) is 0 Å². The van der Waals surface area contributed by atoms with E-state index in [0.717, 1.165) is 0 Å². The minimum Gasteiger partial charge on any atom is -0.462 e. The fourth-order valence-electron chi connectivity index (χ4n) is 1.53. The molecular formula is C12H7F3O4. The minimum absolute atomic E-state index is 0.0163. The van der Waals surface area contributed by atoms with Crippen molar-refractivity contribution in [2.24, 2.45) is 0 Å². The van der Waals surface area contributed by atoms with Crippen molar-refractivity contribution in [1.29, 1.82) is 0 Å². The molecule has 1 aromatic carbocycles. The van der Waals surface area contributed by atoms with Crippen LogP contribution >= 0.6 is 0 Å². The second-order valence-corrected chi connectivity index (χ2v) is 3.56. The van der Waals surface area contributed by atoms with Gasteiger partial charge in [0.05, 0.1) is 12.0 Å². The molecule has 0 spiro atoms. The van der Waals surface area contributed by atoms with Crippen LogP contribution in [0.5, 0.6) is 0 Å². The molecule has 0 unspecified atom stereocenters. The molecule has 0 aliphatic carbocycles. The van der Waals surface area contributed by atoms with E-state index in [-0.39, 0.29) is 6.61 Å². The van der Waals surface area contributed by atoms with E-state index in [1.54, 1.807) is 0 Å². The predicted octanol–water partition coefficient (Wildman–Crippen LogP) is 2.39. The van der Waals surface area contributed by atoms with E-state index in [0.29, 0.717) is 12.3 Å². The Hall–Kier alpha value is -2.31. The molecule has 100 valence electrons. The Morgan fingerprint density at radius 3 is 2.63 bits per heavy atom. The molecule has 1 heterocycles. The van der Waals surface area contributed by atoms with Gasteiger partial charge < -0.3 is 9.15 Å². The van der Waals surface area contributed by atoms with Crippen LogP contribution in [-0.4, -0.2) is 12.6 Å². The standard InChI is InChI=1S/C12H7F3O4/c1-2-18-12(17)6-4-19-11-5(10(6)16)3-7(13)8(14)9(11)15/h3-4H,2H2,1H3. The predicted molar refractivity (Wildman–Crippen MR) is 58.3 cm³/mol. The second-order valence-electron chi connectivity index (χ2n) is 3.56. The molecule has 19 heavy (non-hydrogen) atoms. The summed E-state index contributed by atoms with van der Waals surface area (Å²) >= 11 is 0. The number of benzene rings is 1. The first-order valence-electron chi connectivity index (χ1n) is 5.23. The average molecular weight is 272 g/mol. The Morgan fingerprint density at radius 2 is 2.00 bits per heavy atom. The van der Waals surface area contributed by atoms with Crippen LogP contribution in [-0.2, 0) is 4.74 Å². The van der Waals surface area contributed by atoms with Crippen LogP contribution in [0.15, 0.2) is 21.5 Å². The molecule has 0 saturated carbocycles. The zero-order valence-corrected chi connectivity index (χ0v) is 9.63. The Kier molecular flexibility index (Phi) is 3.28. The number of hydrogen-bond acceptors (Lipinski definition) is 4. The van der Waals surface area contributed by atoms with Crippen molar-refractivity contribution < 1.29 is 27.1 Å². The van der Waals surface area contributed by atoms with Crippen LogP contribution in [0.2, 0.25) is 0 Å². The van der Waals surface area contributed by atoms with Crippen molar-refractivity contribution in [1.82, 2.24) is 0 Å². The smallest absolute Gasteiger partial charge is 0.345 e. The van der Waals surface area contributed by atoms with Crippen molar-refractivity contribution >= 4 is 16.9 Å². The molecule has 4 nitrogen and oxygen atoms in total. The van der Waals surface area contributed by atoms with Crippen molar-refractivity contribution in [2.45, 2.75) is 6.92 Å². The van der Waals surface area contributed by atoms with Crippen LogP contribution in [0.1, 0.15) is 17.3 Å². The summed E-state index contributed by atoms with van der Waals surface area (Å²) in [6.45, 7) is 1.54. The zero-order valence-electron chi connectivity index (χ0n) is 9.63. The molecule has 2 rings (SSSR count).